The van der Waals surface area contributed by atoms with Gasteiger partial charge < -0.3 is 29.2 Å². The van der Waals surface area contributed by atoms with Crippen LogP contribution in [0.25, 0.3) is 0 Å². The lowest BCUT2D eigenvalue weighted by atomic mass is 10.2. The molecule has 1 aliphatic heterocycles. The zero-order valence-electron chi connectivity index (χ0n) is 17.4. The number of ether oxygens (including phenoxy) is 4. The predicted octanol–water partition coefficient (Wildman–Crippen LogP) is 2.60. The predicted molar refractivity (Wildman–Crippen MR) is 112 cm³/mol. The number of urea groups is 1. The number of benzene rings is 2. The Labute approximate surface area is 175 Å². The average Bonchev–Trinajstić information content (AvgIpc) is 3.13. The Morgan fingerprint density at radius 2 is 1.57 bits per heavy atom. The van der Waals surface area contributed by atoms with Crippen LogP contribution in [0.5, 0.6) is 23.0 Å². The van der Waals surface area contributed by atoms with Crippen molar-refractivity contribution < 1.29 is 28.5 Å². The molecule has 0 radical (unpaired) electrons. The fraction of sp³-hybridized carbons (Fsp3) is 0.333. The fourth-order valence-electron chi connectivity index (χ4n) is 3.23. The second-order valence-electron chi connectivity index (χ2n) is 6.51. The van der Waals surface area contributed by atoms with Gasteiger partial charge in [-0.1, -0.05) is 0 Å². The van der Waals surface area contributed by atoms with Gasteiger partial charge in [-0.2, -0.15) is 0 Å². The first-order valence-corrected chi connectivity index (χ1v) is 9.31. The van der Waals surface area contributed by atoms with Gasteiger partial charge in [0.25, 0.3) is 0 Å². The van der Waals surface area contributed by atoms with Crippen LogP contribution in [-0.4, -0.2) is 64.9 Å². The number of amides is 3. The largest absolute Gasteiger partial charge is 0.497 e. The highest BCUT2D eigenvalue weighted by molar-refractivity contribution is 6.00. The lowest BCUT2D eigenvalue weighted by Gasteiger charge is -2.21. The van der Waals surface area contributed by atoms with Crippen LogP contribution in [0.4, 0.5) is 16.2 Å². The molecule has 0 unspecified atom stereocenters. The summed E-state index contributed by atoms with van der Waals surface area (Å²) in [5, 5.41) is 2.78. The van der Waals surface area contributed by atoms with Crippen LogP contribution < -0.4 is 29.2 Å². The second kappa shape index (κ2) is 9.25. The van der Waals surface area contributed by atoms with Crippen molar-refractivity contribution in [1.82, 2.24) is 4.90 Å². The molecule has 1 aliphatic rings. The normalized spacial score (nSPS) is 13.3. The summed E-state index contributed by atoms with van der Waals surface area (Å²) in [5.41, 5.74) is 1.10. The second-order valence-corrected chi connectivity index (χ2v) is 6.51. The molecule has 1 heterocycles. The standard InChI is InChI=1S/C21H25N3O6/c1-27-14-6-8-18(29-3)17(11-14)24-10-9-23(21(24)26)13-20(25)22-16-7-5-15(28-2)12-19(16)30-4/h5-8,11-12H,9-10,13H2,1-4H3,(H,22,25). The molecule has 9 heteroatoms. The van der Waals surface area contributed by atoms with Gasteiger partial charge >= 0.3 is 6.03 Å². The summed E-state index contributed by atoms with van der Waals surface area (Å²) >= 11 is 0. The molecule has 30 heavy (non-hydrogen) atoms. The molecule has 0 atom stereocenters. The Morgan fingerprint density at radius 3 is 2.23 bits per heavy atom. The molecule has 3 amide bonds. The first-order valence-electron chi connectivity index (χ1n) is 9.31. The van der Waals surface area contributed by atoms with Gasteiger partial charge in [-0.05, 0) is 24.3 Å². The Kier molecular flexibility index (Phi) is 6.51. The van der Waals surface area contributed by atoms with Gasteiger partial charge in [0, 0.05) is 25.2 Å². The molecule has 0 aliphatic carbocycles. The Balaban J connectivity index is 1.69. The maximum absolute atomic E-state index is 12.9. The monoisotopic (exact) mass is 415 g/mol. The van der Waals surface area contributed by atoms with Crippen LogP contribution in [0.1, 0.15) is 0 Å². The molecule has 160 valence electrons. The van der Waals surface area contributed by atoms with Gasteiger partial charge in [-0.25, -0.2) is 4.79 Å². The quantitative estimate of drug-likeness (QED) is 0.713. The summed E-state index contributed by atoms with van der Waals surface area (Å²) in [4.78, 5) is 28.5. The number of rotatable bonds is 8. The van der Waals surface area contributed by atoms with E-state index >= 15 is 0 Å². The first-order chi connectivity index (χ1) is 14.5. The SMILES string of the molecule is COc1ccc(NC(=O)CN2CCN(c3cc(OC)ccc3OC)C2=O)c(OC)c1. The van der Waals surface area contributed by atoms with Crippen molar-refractivity contribution in [3.63, 3.8) is 0 Å². The summed E-state index contributed by atoms with van der Waals surface area (Å²) in [5.74, 6) is 1.92. The minimum atomic E-state index is -0.328. The minimum Gasteiger partial charge on any atom is -0.497 e. The zero-order chi connectivity index (χ0) is 21.7. The van der Waals surface area contributed by atoms with Crippen molar-refractivity contribution in [2.75, 3.05) is 58.3 Å². The Morgan fingerprint density at radius 1 is 0.900 bits per heavy atom. The summed E-state index contributed by atoms with van der Waals surface area (Å²) < 4.78 is 21.1. The Bertz CT molecular complexity index is 933. The van der Waals surface area contributed by atoms with Crippen LogP contribution in [0.15, 0.2) is 36.4 Å². The highest BCUT2D eigenvalue weighted by Crippen LogP contribution is 2.34. The van der Waals surface area contributed by atoms with Crippen molar-refractivity contribution in [1.29, 1.82) is 0 Å². The molecule has 2 aromatic carbocycles. The van der Waals surface area contributed by atoms with E-state index in [0.29, 0.717) is 47.5 Å². The number of hydrogen-bond acceptors (Lipinski definition) is 6. The number of hydrogen-bond donors (Lipinski definition) is 1. The molecule has 3 rings (SSSR count). The molecule has 2 aromatic rings. The van der Waals surface area contributed by atoms with Gasteiger partial charge in [0.1, 0.15) is 29.5 Å². The highest BCUT2D eigenvalue weighted by atomic mass is 16.5. The van der Waals surface area contributed by atoms with Crippen LogP contribution in [0.3, 0.4) is 0 Å². The fourth-order valence-corrected chi connectivity index (χ4v) is 3.23. The van der Waals surface area contributed by atoms with E-state index < -0.39 is 0 Å². The van der Waals surface area contributed by atoms with Crippen molar-refractivity contribution in [2.24, 2.45) is 0 Å². The number of nitrogens with one attached hydrogen (secondary N) is 1. The van der Waals surface area contributed by atoms with E-state index in [2.05, 4.69) is 5.32 Å². The third-order valence-corrected chi connectivity index (χ3v) is 4.79. The van der Waals surface area contributed by atoms with Crippen LogP contribution in [0.2, 0.25) is 0 Å². The van der Waals surface area contributed by atoms with E-state index in [9.17, 15) is 9.59 Å². The van der Waals surface area contributed by atoms with E-state index in [4.69, 9.17) is 18.9 Å². The van der Waals surface area contributed by atoms with E-state index in [1.807, 2.05) is 0 Å². The number of methoxy groups -OCH3 is 4. The maximum Gasteiger partial charge on any atom is 0.325 e. The van der Waals surface area contributed by atoms with Gasteiger partial charge in [0.15, 0.2) is 0 Å². The van der Waals surface area contributed by atoms with E-state index in [0.717, 1.165) is 0 Å². The van der Waals surface area contributed by atoms with Gasteiger partial charge in [0.05, 0.1) is 39.8 Å². The highest BCUT2D eigenvalue weighted by Gasteiger charge is 2.32. The molecule has 0 bridgehead atoms. The molecule has 9 nitrogen and oxygen atoms in total. The van der Waals surface area contributed by atoms with E-state index in [1.165, 1.54) is 12.0 Å². The third kappa shape index (κ3) is 4.35. The zero-order valence-corrected chi connectivity index (χ0v) is 17.4. The summed E-state index contributed by atoms with van der Waals surface area (Å²) in [7, 11) is 6.16. The number of carbonyl (C=O) groups is 2. The Hall–Kier alpha value is -3.62. The molecule has 1 fully saturated rings. The molecular formula is C21H25N3O6. The average molecular weight is 415 g/mol. The summed E-state index contributed by atoms with van der Waals surface area (Å²) in [6.07, 6.45) is 0. The van der Waals surface area contributed by atoms with Crippen molar-refractivity contribution in [2.45, 2.75) is 0 Å². The van der Waals surface area contributed by atoms with Crippen LogP contribution in [-0.2, 0) is 4.79 Å². The van der Waals surface area contributed by atoms with Crippen LogP contribution in [0, 0.1) is 0 Å². The molecular weight excluding hydrogens is 390 g/mol. The molecule has 1 saturated heterocycles. The number of nitrogens with zero attached hydrogens (tertiary/aromatic N) is 2. The molecule has 1 N–H and O–H groups in total. The topological polar surface area (TPSA) is 89.6 Å². The van der Waals surface area contributed by atoms with Gasteiger partial charge in [0.2, 0.25) is 5.91 Å². The molecule has 0 spiro atoms. The van der Waals surface area contributed by atoms with Crippen molar-refractivity contribution in [3.8, 4) is 23.0 Å². The number of anilines is 2. The minimum absolute atomic E-state index is 0.0865. The molecule has 0 aromatic heterocycles. The number of carbonyl (C=O) groups excluding carboxylic acids is 2. The third-order valence-electron chi connectivity index (χ3n) is 4.79. The summed E-state index contributed by atoms with van der Waals surface area (Å²) in [6, 6.07) is 10.0. The molecule has 0 saturated carbocycles. The lowest BCUT2D eigenvalue weighted by molar-refractivity contribution is -0.116. The summed E-state index contributed by atoms with van der Waals surface area (Å²) in [6.45, 7) is 0.755. The van der Waals surface area contributed by atoms with Gasteiger partial charge in [-0.15, -0.1) is 0 Å². The van der Waals surface area contributed by atoms with Crippen LogP contribution >= 0.6 is 0 Å². The lowest BCUT2D eigenvalue weighted by Crippen LogP contribution is -2.37. The smallest absolute Gasteiger partial charge is 0.325 e. The van der Waals surface area contributed by atoms with Gasteiger partial charge in [-0.3, -0.25) is 9.69 Å². The van der Waals surface area contributed by atoms with Crippen molar-refractivity contribution in [3.05, 3.63) is 36.4 Å². The van der Waals surface area contributed by atoms with Crippen molar-refractivity contribution >= 4 is 23.3 Å². The first kappa shape index (κ1) is 21.1. The maximum atomic E-state index is 12.9. The van der Waals surface area contributed by atoms with E-state index in [-0.39, 0.29) is 18.5 Å². The van der Waals surface area contributed by atoms with E-state index in [1.54, 1.807) is 62.6 Å².